The van der Waals surface area contributed by atoms with E-state index < -0.39 is 36.6 Å². The second-order valence-electron chi connectivity index (χ2n) is 7.20. The standard InChI is InChI=1S/C15H31BN6O5.3ClH/c1-9-15(20,13(24)25)7-10(4-5-16(26)27)8-22(9)12(23)11(17)3-2-6-21-14(18)19;;;/h9-11,26-27H,2-8,17,20H2,1H3,(H,24,25)(H4,18,19,21);3*1H/t9-,10-,11?,15+;;;/m0.../s1. The number of amides is 1. The van der Waals surface area contributed by atoms with Crippen molar-refractivity contribution >= 4 is 62.2 Å². The lowest BCUT2D eigenvalue weighted by atomic mass is 9.72. The number of hydrogen-bond acceptors (Lipinski definition) is 7. The highest BCUT2D eigenvalue weighted by Gasteiger charge is 2.50. The fraction of sp³-hybridized carbons (Fsp3) is 0.800. The number of nitrogens with two attached hydrogens (primary N) is 4. The quantitative estimate of drug-likeness (QED) is 0.0857. The minimum absolute atomic E-state index is 0. The number of carboxylic acid groups (broad SMARTS) is 1. The maximum Gasteiger partial charge on any atom is 0.451 e. The van der Waals surface area contributed by atoms with Crippen molar-refractivity contribution in [2.75, 3.05) is 13.1 Å². The molecular weight excluding hydrogens is 461 g/mol. The number of guanidine groups is 1. The SMILES string of the molecule is C[C@@H]1N(C(=O)C(N)CCCN=C(N)N)C[C@@H](CCB(O)O)C[C@]1(N)C(=O)O.Cl.Cl.Cl. The van der Waals surface area contributed by atoms with Gasteiger partial charge in [0.1, 0.15) is 5.54 Å². The smallest absolute Gasteiger partial charge is 0.451 e. The van der Waals surface area contributed by atoms with Crippen molar-refractivity contribution in [1.29, 1.82) is 0 Å². The first-order chi connectivity index (χ1) is 12.5. The molecular formula is C15H34BCl3N6O5. The van der Waals surface area contributed by atoms with Gasteiger partial charge in [-0.25, -0.2) is 0 Å². The Labute approximate surface area is 195 Å². The Morgan fingerprint density at radius 3 is 2.30 bits per heavy atom. The van der Waals surface area contributed by atoms with Crippen LogP contribution in [0.3, 0.4) is 0 Å². The highest BCUT2D eigenvalue weighted by atomic mass is 35.5. The summed E-state index contributed by atoms with van der Waals surface area (Å²) in [6.45, 7) is 2.20. The number of carbonyl (C=O) groups excluding carboxylic acids is 1. The Balaban J connectivity index is -0.00000243. The zero-order chi connectivity index (χ0) is 20.8. The fourth-order valence-corrected chi connectivity index (χ4v) is 3.41. The van der Waals surface area contributed by atoms with E-state index in [4.69, 9.17) is 33.0 Å². The Hall–Kier alpha value is -1.02. The van der Waals surface area contributed by atoms with Gasteiger partial charge in [-0.3, -0.25) is 14.6 Å². The summed E-state index contributed by atoms with van der Waals surface area (Å²) in [6.07, 6.45) is 1.38. The molecule has 30 heavy (non-hydrogen) atoms. The third-order valence-corrected chi connectivity index (χ3v) is 5.09. The summed E-state index contributed by atoms with van der Waals surface area (Å²) in [5.74, 6) is -1.91. The van der Waals surface area contributed by atoms with E-state index in [2.05, 4.69) is 4.99 Å². The van der Waals surface area contributed by atoms with Crippen molar-refractivity contribution in [2.24, 2.45) is 33.8 Å². The molecule has 0 saturated carbocycles. The molecule has 1 unspecified atom stereocenters. The van der Waals surface area contributed by atoms with E-state index in [0.717, 1.165) is 0 Å². The van der Waals surface area contributed by atoms with Gasteiger partial charge in [0.2, 0.25) is 5.91 Å². The van der Waals surface area contributed by atoms with Gasteiger partial charge in [-0.05, 0) is 38.4 Å². The zero-order valence-corrected chi connectivity index (χ0v) is 19.3. The number of aliphatic carboxylic acids is 1. The zero-order valence-electron chi connectivity index (χ0n) is 16.8. The molecule has 1 fully saturated rings. The summed E-state index contributed by atoms with van der Waals surface area (Å²) in [5, 5.41) is 27.7. The van der Waals surface area contributed by atoms with E-state index in [1.54, 1.807) is 6.92 Å². The maximum atomic E-state index is 12.8. The van der Waals surface area contributed by atoms with Gasteiger partial charge in [-0.15, -0.1) is 37.2 Å². The molecule has 0 spiro atoms. The van der Waals surface area contributed by atoms with Crippen molar-refractivity contribution in [2.45, 2.75) is 56.5 Å². The molecule has 15 heteroatoms. The summed E-state index contributed by atoms with van der Waals surface area (Å²) in [4.78, 5) is 29.8. The average molecular weight is 496 g/mol. The molecule has 11 nitrogen and oxygen atoms in total. The van der Waals surface area contributed by atoms with Crippen molar-refractivity contribution in [3.8, 4) is 0 Å². The van der Waals surface area contributed by atoms with Gasteiger partial charge in [0.05, 0.1) is 12.1 Å². The summed E-state index contributed by atoms with van der Waals surface area (Å²) in [6, 6.07) is -1.58. The first kappa shape index (κ1) is 33.6. The van der Waals surface area contributed by atoms with E-state index in [1.165, 1.54) is 4.90 Å². The van der Waals surface area contributed by atoms with Crippen LogP contribution in [0.1, 0.15) is 32.6 Å². The number of halogens is 3. The molecule has 1 aliphatic heterocycles. The third-order valence-electron chi connectivity index (χ3n) is 5.09. The highest BCUT2D eigenvalue weighted by Crippen LogP contribution is 2.33. The van der Waals surface area contributed by atoms with Gasteiger partial charge in [0, 0.05) is 13.1 Å². The lowest BCUT2D eigenvalue weighted by Gasteiger charge is -2.48. The molecule has 1 rings (SSSR count). The number of carboxylic acids is 1. The van der Waals surface area contributed by atoms with Crippen LogP contribution in [0.2, 0.25) is 6.32 Å². The molecule has 0 aromatic rings. The molecule has 0 aromatic carbocycles. The Kier molecular flexibility index (Phi) is 16.7. The monoisotopic (exact) mass is 494 g/mol. The number of hydrogen-bond donors (Lipinski definition) is 7. The van der Waals surface area contributed by atoms with Crippen LogP contribution < -0.4 is 22.9 Å². The van der Waals surface area contributed by atoms with Gasteiger partial charge in [-0.1, -0.05) is 6.42 Å². The number of carbonyl (C=O) groups is 2. The first-order valence-corrected chi connectivity index (χ1v) is 8.98. The number of piperidine rings is 1. The Morgan fingerprint density at radius 1 is 1.27 bits per heavy atom. The number of likely N-dealkylation sites (tertiary alicyclic amines) is 1. The Bertz CT molecular complexity index is 573. The maximum absolute atomic E-state index is 12.8. The lowest BCUT2D eigenvalue weighted by molar-refractivity contribution is -0.154. The normalized spacial score (nSPS) is 23.7. The van der Waals surface area contributed by atoms with Crippen molar-refractivity contribution < 1.29 is 24.7 Å². The third kappa shape index (κ3) is 9.42. The van der Waals surface area contributed by atoms with Crippen LogP contribution in [-0.2, 0) is 9.59 Å². The van der Waals surface area contributed by atoms with E-state index in [1.807, 2.05) is 0 Å². The largest absolute Gasteiger partial charge is 0.480 e. The highest BCUT2D eigenvalue weighted by molar-refractivity contribution is 6.40. The fourth-order valence-electron chi connectivity index (χ4n) is 3.41. The van der Waals surface area contributed by atoms with Gasteiger partial charge in [0.25, 0.3) is 0 Å². The molecule has 1 amide bonds. The van der Waals surface area contributed by atoms with Gasteiger partial charge < -0.3 is 43.0 Å². The number of rotatable bonds is 9. The topological polar surface area (TPSA) is 215 Å². The van der Waals surface area contributed by atoms with Gasteiger partial charge in [-0.2, -0.15) is 0 Å². The van der Waals surface area contributed by atoms with Crippen LogP contribution in [0, 0.1) is 5.92 Å². The molecule has 0 aliphatic carbocycles. The minimum Gasteiger partial charge on any atom is -0.480 e. The van der Waals surface area contributed by atoms with Crippen molar-refractivity contribution in [3.05, 3.63) is 0 Å². The van der Waals surface area contributed by atoms with E-state index in [0.29, 0.717) is 25.8 Å². The van der Waals surface area contributed by atoms with Crippen LogP contribution in [-0.4, -0.2) is 75.7 Å². The van der Waals surface area contributed by atoms with E-state index >= 15 is 0 Å². The average Bonchev–Trinajstić information content (AvgIpc) is 2.58. The van der Waals surface area contributed by atoms with E-state index in [-0.39, 0.29) is 68.4 Å². The predicted octanol–water partition coefficient (Wildman–Crippen LogP) is -1.49. The summed E-state index contributed by atoms with van der Waals surface area (Å²) in [7, 11) is -1.50. The van der Waals surface area contributed by atoms with Crippen molar-refractivity contribution in [1.82, 2.24) is 4.90 Å². The molecule has 1 aliphatic rings. The predicted molar refractivity (Wildman–Crippen MR) is 123 cm³/mol. The van der Waals surface area contributed by atoms with E-state index in [9.17, 15) is 14.7 Å². The Morgan fingerprint density at radius 2 is 1.83 bits per heavy atom. The summed E-state index contributed by atoms with van der Waals surface area (Å²) in [5.41, 5.74) is 21.0. The minimum atomic E-state index is -1.63. The molecule has 0 aromatic heterocycles. The van der Waals surface area contributed by atoms with Crippen LogP contribution >= 0.6 is 37.2 Å². The lowest BCUT2D eigenvalue weighted by Crippen LogP contribution is -2.69. The van der Waals surface area contributed by atoms with Gasteiger partial charge >= 0.3 is 13.1 Å². The number of nitrogens with zero attached hydrogens (tertiary/aromatic N) is 2. The van der Waals surface area contributed by atoms with Gasteiger partial charge in [0.15, 0.2) is 5.96 Å². The van der Waals surface area contributed by atoms with Crippen LogP contribution in [0.25, 0.3) is 0 Å². The molecule has 11 N–H and O–H groups in total. The van der Waals surface area contributed by atoms with Crippen molar-refractivity contribution in [3.63, 3.8) is 0 Å². The summed E-state index contributed by atoms with van der Waals surface area (Å²) >= 11 is 0. The molecule has 1 heterocycles. The molecule has 1 saturated heterocycles. The number of aliphatic imine (C=N–C) groups is 1. The molecule has 4 atom stereocenters. The second-order valence-corrected chi connectivity index (χ2v) is 7.20. The molecule has 178 valence electrons. The van der Waals surface area contributed by atoms with Crippen LogP contribution in [0.4, 0.5) is 0 Å². The summed E-state index contributed by atoms with van der Waals surface area (Å²) < 4.78 is 0. The molecule has 0 radical (unpaired) electrons. The second kappa shape index (κ2) is 14.9. The van der Waals surface area contributed by atoms with Crippen LogP contribution in [0.15, 0.2) is 4.99 Å². The first-order valence-electron chi connectivity index (χ1n) is 8.98. The molecule has 0 bridgehead atoms. The van der Waals surface area contributed by atoms with Crippen LogP contribution in [0.5, 0.6) is 0 Å².